The first kappa shape index (κ1) is 20.0. The molecular weight excluding hydrogens is 314 g/mol. The predicted octanol–water partition coefficient (Wildman–Crippen LogP) is 5.88. The van der Waals surface area contributed by atoms with Gasteiger partial charge in [-0.05, 0) is 50.6 Å². The highest BCUT2D eigenvalue weighted by atomic mass is 15.1. The minimum Gasteiger partial charge on any atom is -0.298 e. The van der Waals surface area contributed by atoms with Crippen LogP contribution in [-0.2, 0) is 6.54 Å². The second-order valence-corrected chi connectivity index (χ2v) is 8.00. The molecule has 0 heterocycles. The van der Waals surface area contributed by atoms with Gasteiger partial charge >= 0.3 is 0 Å². The van der Waals surface area contributed by atoms with Gasteiger partial charge in [0, 0.05) is 24.4 Å². The summed E-state index contributed by atoms with van der Waals surface area (Å²) in [5.74, 6) is 6.77. The van der Waals surface area contributed by atoms with Gasteiger partial charge in [0.2, 0.25) is 0 Å². The first-order valence-corrected chi connectivity index (χ1v) is 9.35. The molecule has 0 bridgehead atoms. The monoisotopic (exact) mass is 345 g/mol. The zero-order chi connectivity index (χ0) is 19.0. The highest BCUT2D eigenvalue weighted by Crippen LogP contribution is 2.24. The van der Waals surface area contributed by atoms with E-state index in [0.717, 1.165) is 13.1 Å². The van der Waals surface area contributed by atoms with Gasteiger partial charge in [0.05, 0.1) is 0 Å². The van der Waals surface area contributed by atoms with E-state index in [1.165, 1.54) is 16.7 Å². The van der Waals surface area contributed by atoms with Gasteiger partial charge in [0.25, 0.3) is 0 Å². The van der Waals surface area contributed by atoms with Crippen LogP contribution in [0, 0.1) is 17.3 Å². The van der Waals surface area contributed by atoms with E-state index in [9.17, 15) is 0 Å². The molecule has 2 aromatic carbocycles. The molecule has 1 atom stereocenters. The lowest BCUT2D eigenvalue weighted by molar-refractivity contribution is 0.363. The average molecular weight is 346 g/mol. The summed E-state index contributed by atoms with van der Waals surface area (Å²) in [7, 11) is 2.15. The van der Waals surface area contributed by atoms with Crippen LogP contribution in [0.5, 0.6) is 0 Å². The lowest BCUT2D eigenvalue weighted by Crippen LogP contribution is -2.17. The number of allylic oxidation sites excluding steroid dienone is 1. The van der Waals surface area contributed by atoms with E-state index in [0.29, 0.717) is 5.92 Å². The number of hydrogen-bond donors (Lipinski definition) is 0. The molecule has 26 heavy (non-hydrogen) atoms. The third kappa shape index (κ3) is 6.90. The molecule has 136 valence electrons. The first-order chi connectivity index (χ1) is 12.3. The van der Waals surface area contributed by atoms with Crippen LogP contribution in [-0.4, -0.2) is 18.5 Å². The van der Waals surface area contributed by atoms with Gasteiger partial charge < -0.3 is 0 Å². The van der Waals surface area contributed by atoms with E-state index in [1.54, 1.807) is 0 Å². The normalized spacial score (nSPS) is 12.8. The second kappa shape index (κ2) is 9.41. The summed E-state index contributed by atoms with van der Waals surface area (Å²) >= 11 is 0. The highest BCUT2D eigenvalue weighted by molar-refractivity contribution is 5.34. The highest BCUT2D eigenvalue weighted by Gasteiger charge is 2.09. The van der Waals surface area contributed by atoms with Crippen molar-refractivity contribution in [2.24, 2.45) is 5.41 Å². The quantitative estimate of drug-likeness (QED) is 0.591. The summed E-state index contributed by atoms with van der Waals surface area (Å²) < 4.78 is 0. The maximum Gasteiger partial charge on any atom is 0.0234 e. The van der Waals surface area contributed by atoms with Gasteiger partial charge in [0.1, 0.15) is 0 Å². The number of hydrogen-bond acceptors (Lipinski definition) is 1. The molecule has 0 aromatic heterocycles. The summed E-state index contributed by atoms with van der Waals surface area (Å²) in [6.45, 7) is 10.5. The summed E-state index contributed by atoms with van der Waals surface area (Å²) in [5.41, 5.74) is 4.14. The van der Waals surface area contributed by atoms with Crippen molar-refractivity contribution >= 4 is 0 Å². The molecule has 0 saturated heterocycles. The smallest absolute Gasteiger partial charge is 0.0234 e. The molecule has 0 aliphatic heterocycles. The minimum absolute atomic E-state index is 0.0616. The molecule has 1 nitrogen and oxygen atoms in total. The van der Waals surface area contributed by atoms with Crippen molar-refractivity contribution < 1.29 is 0 Å². The zero-order valence-electron chi connectivity index (χ0n) is 16.8. The van der Waals surface area contributed by atoms with Crippen LogP contribution in [0.3, 0.4) is 0 Å². The van der Waals surface area contributed by atoms with Gasteiger partial charge in [-0.2, -0.15) is 0 Å². The Hall–Kier alpha value is -2.30. The molecule has 1 unspecified atom stereocenters. The Balaban J connectivity index is 1.95. The number of rotatable bonds is 6. The Morgan fingerprint density at radius 1 is 1.00 bits per heavy atom. The van der Waals surface area contributed by atoms with Gasteiger partial charge in [-0.15, -0.1) is 0 Å². The van der Waals surface area contributed by atoms with Crippen molar-refractivity contribution in [1.29, 1.82) is 0 Å². The molecule has 2 aromatic rings. The van der Waals surface area contributed by atoms with Crippen LogP contribution >= 0.6 is 0 Å². The van der Waals surface area contributed by atoms with Crippen molar-refractivity contribution in [2.75, 3.05) is 13.6 Å². The van der Waals surface area contributed by atoms with E-state index in [-0.39, 0.29) is 5.41 Å². The number of likely N-dealkylation sites (N-methyl/N-ethyl adjacent to an activating group) is 1. The maximum atomic E-state index is 3.23. The Kier molecular flexibility index (Phi) is 7.25. The van der Waals surface area contributed by atoms with Crippen molar-refractivity contribution in [2.45, 2.75) is 40.2 Å². The molecule has 0 radical (unpaired) electrons. The van der Waals surface area contributed by atoms with Crippen LogP contribution in [0.1, 0.15) is 50.3 Å². The first-order valence-electron chi connectivity index (χ1n) is 9.35. The molecule has 0 spiro atoms. The molecule has 0 fully saturated rings. The fraction of sp³-hybridized carbons (Fsp3) is 0.360. The van der Waals surface area contributed by atoms with Crippen LogP contribution in [0.2, 0.25) is 0 Å². The molecule has 0 amide bonds. The van der Waals surface area contributed by atoms with E-state index in [2.05, 4.69) is 112 Å². The molecule has 0 N–H and O–H groups in total. The Bertz CT molecular complexity index is 769. The fourth-order valence-electron chi connectivity index (χ4n) is 2.82. The Morgan fingerprint density at radius 2 is 1.69 bits per heavy atom. The topological polar surface area (TPSA) is 3.24 Å². The lowest BCUT2D eigenvalue weighted by atomic mass is 9.92. The van der Waals surface area contributed by atoms with Crippen LogP contribution < -0.4 is 0 Å². The molecule has 1 heteroatoms. The SMILES string of the molecule is CC(c1ccccc1)c1cccc(CN(C)CC=CC#CC(C)(C)C)c1. The maximum absolute atomic E-state index is 3.23. The molecule has 0 saturated carbocycles. The predicted molar refractivity (Wildman–Crippen MR) is 113 cm³/mol. The van der Waals surface area contributed by atoms with Crippen LogP contribution in [0.25, 0.3) is 0 Å². The van der Waals surface area contributed by atoms with E-state index in [1.807, 2.05) is 6.08 Å². The van der Waals surface area contributed by atoms with E-state index in [4.69, 9.17) is 0 Å². The Labute approximate surface area is 159 Å². The summed E-state index contributed by atoms with van der Waals surface area (Å²) in [4.78, 5) is 2.31. The largest absolute Gasteiger partial charge is 0.298 e. The van der Waals surface area contributed by atoms with Gasteiger partial charge in [-0.3, -0.25) is 4.90 Å². The molecule has 0 aliphatic rings. The molecule has 0 aliphatic carbocycles. The average Bonchev–Trinajstić information content (AvgIpc) is 2.61. The summed E-state index contributed by atoms with van der Waals surface area (Å²) in [6, 6.07) is 19.6. The van der Waals surface area contributed by atoms with E-state index < -0.39 is 0 Å². The van der Waals surface area contributed by atoms with Crippen molar-refractivity contribution in [3.8, 4) is 11.8 Å². The third-order valence-electron chi connectivity index (χ3n) is 4.27. The summed E-state index contributed by atoms with van der Waals surface area (Å²) in [5, 5.41) is 0. The lowest BCUT2D eigenvalue weighted by Gasteiger charge is -2.17. The van der Waals surface area contributed by atoms with Gasteiger partial charge in [-0.1, -0.05) is 79.4 Å². The third-order valence-corrected chi connectivity index (χ3v) is 4.27. The molecule has 2 rings (SSSR count). The zero-order valence-corrected chi connectivity index (χ0v) is 16.8. The van der Waals surface area contributed by atoms with E-state index >= 15 is 0 Å². The fourth-order valence-corrected chi connectivity index (χ4v) is 2.82. The standard InChI is InChI=1S/C25H31N/c1-21(23-14-8-6-9-15-23)24-16-12-13-22(19-24)20-26(5)18-11-7-10-17-25(2,3)4/h6-9,11-16,19,21H,18,20H2,1-5H3. The van der Waals surface area contributed by atoms with Crippen molar-refractivity contribution in [3.63, 3.8) is 0 Å². The number of nitrogens with zero attached hydrogens (tertiary/aromatic N) is 1. The van der Waals surface area contributed by atoms with Crippen LogP contribution in [0.15, 0.2) is 66.7 Å². The Morgan fingerprint density at radius 3 is 2.38 bits per heavy atom. The molecular formula is C25H31N. The number of benzene rings is 2. The second-order valence-electron chi connectivity index (χ2n) is 8.00. The van der Waals surface area contributed by atoms with Gasteiger partial charge in [-0.25, -0.2) is 0 Å². The minimum atomic E-state index is 0.0616. The van der Waals surface area contributed by atoms with Crippen LogP contribution in [0.4, 0.5) is 0 Å². The van der Waals surface area contributed by atoms with Gasteiger partial charge in [0.15, 0.2) is 0 Å². The van der Waals surface area contributed by atoms with Crippen molar-refractivity contribution in [3.05, 3.63) is 83.4 Å². The van der Waals surface area contributed by atoms with Crippen molar-refractivity contribution in [1.82, 2.24) is 4.90 Å². The summed E-state index contributed by atoms with van der Waals surface area (Å²) in [6.07, 6.45) is 4.10.